The molecule has 0 radical (unpaired) electrons. The third kappa shape index (κ3) is 2.32. The minimum atomic E-state index is 0.872. The molecule has 14 heavy (non-hydrogen) atoms. The van der Waals surface area contributed by atoms with E-state index < -0.39 is 0 Å². The van der Waals surface area contributed by atoms with Gasteiger partial charge in [-0.3, -0.25) is 4.90 Å². The molecule has 0 unspecified atom stereocenters. The van der Waals surface area contributed by atoms with E-state index >= 15 is 0 Å². The average molecular weight is 212 g/mol. The molecular formula is C10H16N2OS. The molecule has 3 nitrogen and oxygen atoms in total. The van der Waals surface area contributed by atoms with Gasteiger partial charge < -0.3 is 4.74 Å². The van der Waals surface area contributed by atoms with E-state index in [9.17, 15) is 0 Å². The van der Waals surface area contributed by atoms with Crippen molar-refractivity contribution in [1.82, 2.24) is 9.88 Å². The lowest BCUT2D eigenvalue weighted by atomic mass is 10.3. The summed E-state index contributed by atoms with van der Waals surface area (Å²) < 4.78 is 5.32. The molecule has 2 heterocycles. The van der Waals surface area contributed by atoms with E-state index in [0.29, 0.717) is 0 Å². The highest BCUT2D eigenvalue weighted by molar-refractivity contribution is 7.11. The summed E-state index contributed by atoms with van der Waals surface area (Å²) in [6.07, 6.45) is 0. The van der Waals surface area contributed by atoms with Gasteiger partial charge in [-0.1, -0.05) is 0 Å². The van der Waals surface area contributed by atoms with Crippen LogP contribution in [-0.4, -0.2) is 36.2 Å². The Bertz CT molecular complexity index is 305. The van der Waals surface area contributed by atoms with Crippen LogP contribution in [0, 0.1) is 13.8 Å². The second-order valence-corrected chi connectivity index (χ2v) is 4.92. The monoisotopic (exact) mass is 212 g/mol. The summed E-state index contributed by atoms with van der Waals surface area (Å²) in [6.45, 7) is 9.06. The number of hydrogen-bond acceptors (Lipinski definition) is 4. The van der Waals surface area contributed by atoms with Crippen LogP contribution in [-0.2, 0) is 11.3 Å². The van der Waals surface area contributed by atoms with Gasteiger partial charge in [-0.2, -0.15) is 0 Å². The lowest BCUT2D eigenvalue weighted by Gasteiger charge is -2.26. The SMILES string of the molecule is Cc1nc(C)c(CN2CCOCC2)s1. The van der Waals surface area contributed by atoms with Crippen molar-refractivity contribution >= 4 is 11.3 Å². The Labute approximate surface area is 88.7 Å². The molecule has 0 spiro atoms. The van der Waals surface area contributed by atoms with Gasteiger partial charge in [0.1, 0.15) is 0 Å². The standard InChI is InChI=1S/C10H16N2OS/c1-8-10(14-9(2)11-8)7-12-3-5-13-6-4-12/h3-7H2,1-2H3. The zero-order valence-electron chi connectivity index (χ0n) is 8.75. The number of ether oxygens (including phenoxy) is 1. The molecule has 0 saturated carbocycles. The van der Waals surface area contributed by atoms with Crippen molar-refractivity contribution in [3.8, 4) is 0 Å². The van der Waals surface area contributed by atoms with Crippen molar-refractivity contribution in [1.29, 1.82) is 0 Å². The fourth-order valence-corrected chi connectivity index (χ4v) is 2.66. The van der Waals surface area contributed by atoms with Crippen LogP contribution in [0.5, 0.6) is 0 Å². The highest BCUT2D eigenvalue weighted by Crippen LogP contribution is 2.19. The molecule has 1 aromatic heterocycles. The summed E-state index contributed by atoms with van der Waals surface area (Å²) in [5.41, 5.74) is 1.19. The van der Waals surface area contributed by atoms with E-state index in [-0.39, 0.29) is 0 Å². The number of nitrogens with zero attached hydrogens (tertiary/aromatic N) is 2. The van der Waals surface area contributed by atoms with Crippen molar-refractivity contribution in [3.63, 3.8) is 0 Å². The minimum absolute atomic E-state index is 0.872. The van der Waals surface area contributed by atoms with Crippen LogP contribution in [0.2, 0.25) is 0 Å². The molecule has 1 fully saturated rings. The number of thiazole rings is 1. The number of morpholine rings is 1. The van der Waals surface area contributed by atoms with Gasteiger partial charge in [-0.05, 0) is 13.8 Å². The van der Waals surface area contributed by atoms with Gasteiger partial charge in [0.05, 0.1) is 23.9 Å². The van der Waals surface area contributed by atoms with Gasteiger partial charge in [-0.25, -0.2) is 4.98 Å². The molecule has 0 N–H and O–H groups in total. The van der Waals surface area contributed by atoms with E-state index in [1.807, 2.05) is 11.3 Å². The number of aromatic nitrogens is 1. The first-order chi connectivity index (χ1) is 6.75. The number of hydrogen-bond donors (Lipinski definition) is 0. The first-order valence-electron chi connectivity index (χ1n) is 4.99. The predicted molar refractivity (Wildman–Crippen MR) is 57.7 cm³/mol. The van der Waals surface area contributed by atoms with E-state index in [0.717, 1.165) is 32.8 Å². The lowest BCUT2D eigenvalue weighted by Crippen LogP contribution is -2.35. The largest absolute Gasteiger partial charge is 0.379 e. The van der Waals surface area contributed by atoms with Crippen LogP contribution in [0.3, 0.4) is 0 Å². The second kappa shape index (κ2) is 4.38. The molecule has 0 bridgehead atoms. The van der Waals surface area contributed by atoms with Gasteiger partial charge >= 0.3 is 0 Å². The Morgan fingerprint density at radius 3 is 2.64 bits per heavy atom. The van der Waals surface area contributed by atoms with Gasteiger partial charge in [0.2, 0.25) is 0 Å². The van der Waals surface area contributed by atoms with Crippen molar-refractivity contribution in [2.75, 3.05) is 26.3 Å². The molecule has 1 aliphatic rings. The summed E-state index contributed by atoms with van der Waals surface area (Å²) >= 11 is 1.81. The molecule has 0 atom stereocenters. The van der Waals surface area contributed by atoms with Crippen LogP contribution in [0.4, 0.5) is 0 Å². The third-order valence-electron chi connectivity index (χ3n) is 2.47. The number of aryl methyl sites for hydroxylation is 2. The maximum atomic E-state index is 5.32. The molecule has 4 heteroatoms. The zero-order chi connectivity index (χ0) is 9.97. The van der Waals surface area contributed by atoms with Crippen LogP contribution in [0.25, 0.3) is 0 Å². The summed E-state index contributed by atoms with van der Waals surface area (Å²) in [6, 6.07) is 0. The van der Waals surface area contributed by atoms with Crippen molar-refractivity contribution in [3.05, 3.63) is 15.6 Å². The number of rotatable bonds is 2. The van der Waals surface area contributed by atoms with E-state index in [4.69, 9.17) is 4.74 Å². The molecule has 0 aromatic carbocycles. The summed E-state index contributed by atoms with van der Waals surface area (Å²) in [4.78, 5) is 8.28. The Balaban J connectivity index is 1.98. The molecule has 1 aliphatic heterocycles. The highest BCUT2D eigenvalue weighted by atomic mass is 32.1. The Kier molecular flexibility index (Phi) is 3.15. The van der Waals surface area contributed by atoms with Crippen LogP contribution >= 0.6 is 11.3 Å². The van der Waals surface area contributed by atoms with Gasteiger partial charge in [-0.15, -0.1) is 11.3 Å². The van der Waals surface area contributed by atoms with Gasteiger partial charge in [0.15, 0.2) is 0 Å². The predicted octanol–water partition coefficient (Wildman–Crippen LogP) is 1.59. The van der Waals surface area contributed by atoms with E-state index in [1.54, 1.807) is 0 Å². The quantitative estimate of drug-likeness (QED) is 0.744. The maximum absolute atomic E-state index is 5.32. The first-order valence-corrected chi connectivity index (χ1v) is 5.80. The fraction of sp³-hybridized carbons (Fsp3) is 0.700. The fourth-order valence-electron chi connectivity index (χ4n) is 1.68. The molecule has 78 valence electrons. The second-order valence-electron chi connectivity index (χ2n) is 3.63. The summed E-state index contributed by atoms with van der Waals surface area (Å²) in [5.74, 6) is 0. The summed E-state index contributed by atoms with van der Waals surface area (Å²) in [7, 11) is 0. The Hall–Kier alpha value is -0.450. The molecule has 0 amide bonds. The van der Waals surface area contributed by atoms with Crippen LogP contribution in [0.15, 0.2) is 0 Å². The zero-order valence-corrected chi connectivity index (χ0v) is 9.56. The minimum Gasteiger partial charge on any atom is -0.379 e. The molecular weight excluding hydrogens is 196 g/mol. The molecule has 0 aliphatic carbocycles. The third-order valence-corrected chi connectivity index (χ3v) is 3.53. The maximum Gasteiger partial charge on any atom is 0.0900 e. The lowest BCUT2D eigenvalue weighted by molar-refractivity contribution is 0.0345. The topological polar surface area (TPSA) is 25.4 Å². The smallest absolute Gasteiger partial charge is 0.0900 e. The normalized spacial score (nSPS) is 18.7. The molecule has 1 saturated heterocycles. The molecule has 1 aromatic rings. The van der Waals surface area contributed by atoms with Crippen molar-refractivity contribution < 1.29 is 4.74 Å². The Morgan fingerprint density at radius 1 is 1.36 bits per heavy atom. The van der Waals surface area contributed by atoms with Gasteiger partial charge in [0, 0.05) is 24.5 Å². The highest BCUT2D eigenvalue weighted by Gasteiger charge is 2.13. The van der Waals surface area contributed by atoms with Crippen LogP contribution in [0.1, 0.15) is 15.6 Å². The molecule has 2 rings (SSSR count). The summed E-state index contributed by atoms with van der Waals surface area (Å²) in [5, 5.41) is 1.17. The van der Waals surface area contributed by atoms with Crippen molar-refractivity contribution in [2.45, 2.75) is 20.4 Å². The van der Waals surface area contributed by atoms with Crippen molar-refractivity contribution in [2.24, 2.45) is 0 Å². The van der Waals surface area contributed by atoms with E-state index in [1.165, 1.54) is 15.6 Å². The van der Waals surface area contributed by atoms with E-state index in [2.05, 4.69) is 23.7 Å². The van der Waals surface area contributed by atoms with Gasteiger partial charge in [0.25, 0.3) is 0 Å². The first kappa shape index (κ1) is 10.1. The Morgan fingerprint density at radius 2 is 2.07 bits per heavy atom. The van der Waals surface area contributed by atoms with Crippen LogP contribution < -0.4 is 0 Å². The average Bonchev–Trinajstić information content (AvgIpc) is 2.47.